The first kappa shape index (κ1) is 9.33. The Kier molecular flexibility index (Phi) is 3.88. The molecule has 0 N–H and O–H groups in total. The van der Waals surface area contributed by atoms with Crippen LogP contribution < -0.4 is 0 Å². The van der Waals surface area contributed by atoms with Crippen LogP contribution in [0.4, 0.5) is 0 Å². The second-order valence-electron chi connectivity index (χ2n) is 3.02. The average Bonchev–Trinajstić information content (AvgIpc) is 2.06. The van der Waals surface area contributed by atoms with Crippen molar-refractivity contribution < 1.29 is 4.74 Å². The lowest BCUT2D eigenvalue weighted by atomic mass is 10.3. The molecule has 1 rings (SSSR count). The van der Waals surface area contributed by atoms with Gasteiger partial charge in [0.2, 0.25) is 0 Å². The van der Waals surface area contributed by atoms with Crippen LogP contribution in [-0.4, -0.2) is 31.2 Å². The third-order valence-electron chi connectivity index (χ3n) is 1.86. The summed E-state index contributed by atoms with van der Waals surface area (Å²) in [5.41, 5.74) is 1.31. The van der Waals surface area contributed by atoms with E-state index in [9.17, 15) is 0 Å². The fourth-order valence-electron chi connectivity index (χ4n) is 1.30. The Labute approximate surface area is 74.5 Å². The molecule has 0 saturated carbocycles. The van der Waals surface area contributed by atoms with E-state index in [2.05, 4.69) is 30.2 Å². The van der Waals surface area contributed by atoms with Crippen LogP contribution in [0, 0.1) is 0 Å². The summed E-state index contributed by atoms with van der Waals surface area (Å²) >= 11 is 0. The van der Waals surface area contributed by atoms with Crippen LogP contribution in [0.25, 0.3) is 0 Å². The molecule has 1 fully saturated rings. The van der Waals surface area contributed by atoms with Crippen LogP contribution in [0.3, 0.4) is 0 Å². The summed E-state index contributed by atoms with van der Waals surface area (Å²) in [4.78, 5) is 2.30. The van der Waals surface area contributed by atoms with E-state index in [1.165, 1.54) is 5.57 Å². The summed E-state index contributed by atoms with van der Waals surface area (Å²) in [7, 11) is 0. The quantitative estimate of drug-likeness (QED) is 0.581. The Morgan fingerprint density at radius 1 is 1.33 bits per heavy atom. The molecule has 1 saturated heterocycles. The van der Waals surface area contributed by atoms with Crippen molar-refractivity contribution in [3.05, 3.63) is 23.9 Å². The minimum atomic E-state index is 0.861. The van der Waals surface area contributed by atoms with E-state index >= 15 is 0 Å². The lowest BCUT2D eigenvalue weighted by molar-refractivity contribution is 0.0591. The van der Waals surface area contributed by atoms with E-state index in [1.54, 1.807) is 0 Å². The molecule has 0 radical (unpaired) electrons. The van der Waals surface area contributed by atoms with E-state index in [1.807, 2.05) is 6.92 Å². The normalized spacial score (nSPS) is 20.5. The van der Waals surface area contributed by atoms with Crippen LogP contribution in [0.1, 0.15) is 13.8 Å². The molecule has 2 nitrogen and oxygen atoms in total. The van der Waals surface area contributed by atoms with Gasteiger partial charge in [-0.15, -0.1) is 0 Å². The zero-order valence-corrected chi connectivity index (χ0v) is 7.92. The largest absolute Gasteiger partial charge is 0.378 e. The number of allylic oxidation sites excluding steroid dienone is 3. The van der Waals surface area contributed by atoms with Gasteiger partial charge in [-0.05, 0) is 19.4 Å². The molecule has 2 heteroatoms. The molecule has 0 aromatic carbocycles. The van der Waals surface area contributed by atoms with E-state index in [4.69, 9.17) is 4.74 Å². The number of ether oxygens (including phenoxy) is 1. The first-order valence-corrected chi connectivity index (χ1v) is 4.46. The van der Waals surface area contributed by atoms with E-state index in [-0.39, 0.29) is 0 Å². The summed E-state index contributed by atoms with van der Waals surface area (Å²) < 4.78 is 5.25. The lowest BCUT2D eigenvalue weighted by Crippen LogP contribution is -2.32. The molecule has 0 aromatic rings. The molecule has 0 aliphatic carbocycles. The molecule has 0 aromatic heterocycles. The number of rotatable bonds is 2. The van der Waals surface area contributed by atoms with Crippen LogP contribution in [0.5, 0.6) is 0 Å². The minimum Gasteiger partial charge on any atom is -0.378 e. The van der Waals surface area contributed by atoms with Crippen molar-refractivity contribution >= 4 is 0 Å². The predicted octanol–water partition coefficient (Wildman–Crippen LogP) is 1.80. The summed E-state index contributed by atoms with van der Waals surface area (Å²) in [6.07, 6.45) is 6.38. The summed E-state index contributed by atoms with van der Waals surface area (Å²) in [5.74, 6) is 0. The van der Waals surface area contributed by atoms with Crippen molar-refractivity contribution in [3.8, 4) is 0 Å². The van der Waals surface area contributed by atoms with Gasteiger partial charge in [0.15, 0.2) is 0 Å². The molecule has 0 amide bonds. The number of hydrogen-bond donors (Lipinski definition) is 0. The highest BCUT2D eigenvalue weighted by molar-refractivity contribution is 5.14. The highest BCUT2D eigenvalue weighted by atomic mass is 16.5. The molecule has 0 atom stereocenters. The van der Waals surface area contributed by atoms with Gasteiger partial charge in [0.1, 0.15) is 0 Å². The van der Waals surface area contributed by atoms with Gasteiger partial charge in [0, 0.05) is 19.3 Å². The number of morpholine rings is 1. The fourth-order valence-corrected chi connectivity index (χ4v) is 1.30. The van der Waals surface area contributed by atoms with Gasteiger partial charge in [-0.2, -0.15) is 0 Å². The van der Waals surface area contributed by atoms with E-state index < -0.39 is 0 Å². The first-order chi connectivity index (χ1) is 5.83. The molecule has 0 bridgehead atoms. The van der Waals surface area contributed by atoms with E-state index in [0.29, 0.717) is 0 Å². The lowest BCUT2D eigenvalue weighted by Gasteiger charge is -2.25. The van der Waals surface area contributed by atoms with Crippen LogP contribution in [0.2, 0.25) is 0 Å². The Hall–Kier alpha value is -0.760. The van der Waals surface area contributed by atoms with E-state index in [0.717, 1.165) is 26.3 Å². The molecule has 0 unspecified atom stereocenters. The van der Waals surface area contributed by atoms with Crippen molar-refractivity contribution in [2.75, 3.05) is 26.3 Å². The van der Waals surface area contributed by atoms with Gasteiger partial charge >= 0.3 is 0 Å². The zero-order valence-electron chi connectivity index (χ0n) is 7.92. The molecule has 68 valence electrons. The Balaban J connectivity index is 2.41. The fraction of sp³-hybridized carbons (Fsp3) is 0.600. The van der Waals surface area contributed by atoms with Crippen LogP contribution in [-0.2, 0) is 4.74 Å². The highest BCUT2D eigenvalue weighted by Gasteiger charge is 2.05. The molecule has 12 heavy (non-hydrogen) atoms. The molecular weight excluding hydrogens is 150 g/mol. The highest BCUT2D eigenvalue weighted by Crippen LogP contribution is 2.02. The zero-order chi connectivity index (χ0) is 8.81. The average molecular weight is 167 g/mol. The SMILES string of the molecule is C/C=C/C(C)=C/N1CCOCC1. The smallest absolute Gasteiger partial charge is 0.0642 e. The van der Waals surface area contributed by atoms with Gasteiger partial charge in [0.05, 0.1) is 13.2 Å². The standard InChI is InChI=1S/C10H17NO/c1-3-4-10(2)9-11-5-7-12-8-6-11/h3-4,9H,5-8H2,1-2H3/b4-3+,10-9+. The maximum Gasteiger partial charge on any atom is 0.0642 e. The van der Waals surface area contributed by atoms with Gasteiger partial charge in [-0.3, -0.25) is 0 Å². The molecular formula is C10H17NO. The number of nitrogens with zero attached hydrogens (tertiary/aromatic N) is 1. The molecule has 1 aliphatic heterocycles. The minimum absolute atomic E-state index is 0.861. The van der Waals surface area contributed by atoms with Crippen LogP contribution >= 0.6 is 0 Å². The Bertz CT molecular complexity index is 178. The van der Waals surface area contributed by atoms with Crippen molar-refractivity contribution in [1.29, 1.82) is 0 Å². The summed E-state index contributed by atoms with van der Waals surface area (Å²) in [6.45, 7) is 7.93. The second-order valence-corrected chi connectivity index (χ2v) is 3.02. The third-order valence-corrected chi connectivity index (χ3v) is 1.86. The monoisotopic (exact) mass is 167 g/mol. The molecule has 1 heterocycles. The van der Waals surface area contributed by atoms with Crippen molar-refractivity contribution in [3.63, 3.8) is 0 Å². The molecule has 0 spiro atoms. The topological polar surface area (TPSA) is 12.5 Å². The summed E-state index contributed by atoms with van der Waals surface area (Å²) in [6, 6.07) is 0. The first-order valence-electron chi connectivity index (χ1n) is 4.46. The van der Waals surface area contributed by atoms with Gasteiger partial charge in [-0.1, -0.05) is 12.2 Å². The van der Waals surface area contributed by atoms with Gasteiger partial charge < -0.3 is 9.64 Å². The van der Waals surface area contributed by atoms with Gasteiger partial charge in [-0.25, -0.2) is 0 Å². The third kappa shape index (κ3) is 3.09. The van der Waals surface area contributed by atoms with Crippen molar-refractivity contribution in [2.24, 2.45) is 0 Å². The second kappa shape index (κ2) is 4.99. The maximum absolute atomic E-state index is 5.25. The summed E-state index contributed by atoms with van der Waals surface area (Å²) in [5, 5.41) is 0. The van der Waals surface area contributed by atoms with Crippen LogP contribution in [0.15, 0.2) is 23.9 Å². The maximum atomic E-state index is 5.25. The number of hydrogen-bond acceptors (Lipinski definition) is 2. The van der Waals surface area contributed by atoms with Gasteiger partial charge in [0.25, 0.3) is 0 Å². The molecule has 1 aliphatic rings. The Morgan fingerprint density at radius 2 is 2.00 bits per heavy atom. The van der Waals surface area contributed by atoms with Crippen molar-refractivity contribution in [1.82, 2.24) is 4.90 Å². The van der Waals surface area contributed by atoms with Crippen molar-refractivity contribution in [2.45, 2.75) is 13.8 Å². The predicted molar refractivity (Wildman–Crippen MR) is 51.0 cm³/mol. The Morgan fingerprint density at radius 3 is 2.58 bits per heavy atom.